The maximum Gasteiger partial charge on any atom is 0.192 e. The van der Waals surface area contributed by atoms with Crippen molar-refractivity contribution in [2.75, 3.05) is 13.7 Å². The van der Waals surface area contributed by atoms with E-state index >= 15 is 0 Å². The van der Waals surface area contributed by atoms with Crippen molar-refractivity contribution in [1.29, 1.82) is 0 Å². The maximum absolute atomic E-state index is 11.6. The molecule has 2 N–H and O–H groups in total. The van der Waals surface area contributed by atoms with Crippen LogP contribution in [0.3, 0.4) is 0 Å². The largest absolute Gasteiger partial charge is 0.383 e. The number of methoxy groups -OCH3 is 1. The molecule has 0 amide bonds. The Morgan fingerprint density at radius 1 is 1.85 bits per heavy atom. The minimum Gasteiger partial charge on any atom is -0.383 e. The quantitative estimate of drug-likeness (QED) is 0.841. The summed E-state index contributed by atoms with van der Waals surface area (Å²) in [5.74, 6) is -0.0799. The number of ketones is 1. The van der Waals surface area contributed by atoms with E-state index in [9.17, 15) is 4.79 Å². The zero-order chi connectivity index (χ0) is 9.84. The summed E-state index contributed by atoms with van der Waals surface area (Å²) < 4.78 is 5.61. The van der Waals surface area contributed by atoms with Crippen LogP contribution in [0.4, 0.5) is 0 Å². The Morgan fingerprint density at radius 3 is 3.00 bits per heavy atom. The summed E-state index contributed by atoms with van der Waals surface area (Å²) >= 11 is 4.66. The van der Waals surface area contributed by atoms with Crippen molar-refractivity contribution in [3.63, 3.8) is 0 Å². The molecule has 0 spiro atoms. The highest BCUT2D eigenvalue weighted by molar-refractivity contribution is 9.10. The molecule has 0 aromatic carbocycles. The molecule has 0 fully saturated rings. The van der Waals surface area contributed by atoms with Crippen molar-refractivity contribution >= 4 is 33.0 Å². The molecule has 0 bridgehead atoms. The molecule has 3 nitrogen and oxygen atoms in total. The number of nitrogens with two attached hydrogens (primary N) is 1. The first-order valence-electron chi connectivity index (χ1n) is 3.68. The average Bonchev–Trinajstić information content (AvgIpc) is 2.50. The Kier molecular flexibility index (Phi) is 4.05. The first kappa shape index (κ1) is 10.8. The van der Waals surface area contributed by atoms with Gasteiger partial charge in [0.05, 0.1) is 17.5 Å². The number of carbonyl (C=O) groups excluding carboxylic acids is 1. The van der Waals surface area contributed by atoms with E-state index in [1.54, 1.807) is 0 Å². The highest BCUT2D eigenvalue weighted by Crippen LogP contribution is 2.23. The molecule has 5 heteroatoms. The van der Waals surface area contributed by atoms with E-state index in [-0.39, 0.29) is 12.4 Å². The fourth-order valence-corrected chi connectivity index (χ4v) is 2.46. The number of carbonyl (C=O) groups is 1. The van der Waals surface area contributed by atoms with Gasteiger partial charge in [0, 0.05) is 11.6 Å². The lowest BCUT2D eigenvalue weighted by molar-refractivity contribution is 0.0895. The van der Waals surface area contributed by atoms with Crippen LogP contribution in [0.2, 0.25) is 0 Å². The van der Waals surface area contributed by atoms with Crippen LogP contribution in [-0.2, 0) is 4.74 Å². The van der Waals surface area contributed by atoms with E-state index in [0.717, 1.165) is 4.47 Å². The maximum atomic E-state index is 11.6. The van der Waals surface area contributed by atoms with E-state index in [1.807, 2.05) is 11.4 Å². The number of rotatable bonds is 4. The van der Waals surface area contributed by atoms with Gasteiger partial charge in [-0.05, 0) is 27.4 Å². The van der Waals surface area contributed by atoms with E-state index in [1.165, 1.54) is 18.4 Å². The SMILES string of the molecule is COCC(N)C(=O)c1sccc1Br. The summed E-state index contributed by atoms with van der Waals surface area (Å²) in [4.78, 5) is 12.2. The third-order valence-corrected chi connectivity index (χ3v) is 3.38. The van der Waals surface area contributed by atoms with Gasteiger partial charge in [-0.2, -0.15) is 0 Å². The summed E-state index contributed by atoms with van der Waals surface area (Å²) in [5.41, 5.74) is 5.60. The first-order chi connectivity index (χ1) is 6.16. The van der Waals surface area contributed by atoms with Gasteiger partial charge in [-0.25, -0.2) is 0 Å². The van der Waals surface area contributed by atoms with Crippen LogP contribution in [0.5, 0.6) is 0 Å². The highest BCUT2D eigenvalue weighted by Gasteiger charge is 2.18. The minimum absolute atomic E-state index is 0.0799. The van der Waals surface area contributed by atoms with Crippen molar-refractivity contribution < 1.29 is 9.53 Å². The zero-order valence-corrected chi connectivity index (χ0v) is 9.52. The lowest BCUT2D eigenvalue weighted by Gasteiger charge is -2.07. The third-order valence-electron chi connectivity index (χ3n) is 1.52. The van der Waals surface area contributed by atoms with Gasteiger partial charge in [0.2, 0.25) is 0 Å². The van der Waals surface area contributed by atoms with Gasteiger partial charge in [-0.3, -0.25) is 4.79 Å². The molecule has 0 saturated carbocycles. The van der Waals surface area contributed by atoms with Gasteiger partial charge in [-0.1, -0.05) is 0 Å². The number of thiophene rings is 1. The number of hydrogen-bond donors (Lipinski definition) is 1. The van der Waals surface area contributed by atoms with E-state index in [0.29, 0.717) is 4.88 Å². The normalized spacial score (nSPS) is 12.8. The van der Waals surface area contributed by atoms with Gasteiger partial charge in [0.15, 0.2) is 5.78 Å². The predicted octanol–water partition coefficient (Wildman–Crippen LogP) is 1.67. The van der Waals surface area contributed by atoms with Crippen LogP contribution in [0.15, 0.2) is 15.9 Å². The second-order valence-corrected chi connectivity index (χ2v) is 4.29. The molecule has 1 rings (SSSR count). The van der Waals surface area contributed by atoms with Crippen molar-refractivity contribution in [1.82, 2.24) is 0 Å². The molecule has 0 radical (unpaired) electrons. The van der Waals surface area contributed by atoms with Crippen LogP contribution < -0.4 is 5.73 Å². The van der Waals surface area contributed by atoms with Gasteiger partial charge in [-0.15, -0.1) is 11.3 Å². The molecule has 0 aliphatic heterocycles. The molecule has 0 saturated heterocycles. The van der Waals surface area contributed by atoms with E-state index < -0.39 is 6.04 Å². The number of halogens is 1. The zero-order valence-electron chi connectivity index (χ0n) is 7.12. The van der Waals surface area contributed by atoms with Crippen LogP contribution in [0, 0.1) is 0 Å². The van der Waals surface area contributed by atoms with Crippen LogP contribution in [-0.4, -0.2) is 25.5 Å². The third kappa shape index (κ3) is 2.60. The summed E-state index contributed by atoms with van der Waals surface area (Å²) in [7, 11) is 1.52. The lowest BCUT2D eigenvalue weighted by Crippen LogP contribution is -2.34. The molecule has 1 heterocycles. The van der Waals surface area contributed by atoms with E-state index in [4.69, 9.17) is 10.5 Å². The molecule has 1 aromatic heterocycles. The van der Waals surface area contributed by atoms with Crippen LogP contribution >= 0.6 is 27.3 Å². The first-order valence-corrected chi connectivity index (χ1v) is 5.35. The lowest BCUT2D eigenvalue weighted by atomic mass is 10.2. The number of ether oxygens (including phenoxy) is 1. The predicted molar refractivity (Wildman–Crippen MR) is 56.2 cm³/mol. The minimum atomic E-state index is -0.569. The Hall–Kier alpha value is -0.230. The second kappa shape index (κ2) is 4.85. The Balaban J connectivity index is 2.73. The molecule has 1 atom stereocenters. The molecule has 0 aliphatic rings. The number of hydrogen-bond acceptors (Lipinski definition) is 4. The smallest absolute Gasteiger partial charge is 0.192 e. The van der Waals surface area contributed by atoms with Crippen LogP contribution in [0.1, 0.15) is 9.67 Å². The topological polar surface area (TPSA) is 52.3 Å². The molecule has 72 valence electrons. The summed E-state index contributed by atoms with van der Waals surface area (Å²) in [5, 5.41) is 1.84. The van der Waals surface area contributed by atoms with E-state index in [2.05, 4.69) is 15.9 Å². The Bertz CT molecular complexity index is 300. The van der Waals surface area contributed by atoms with Crippen molar-refractivity contribution in [3.05, 3.63) is 20.8 Å². The Morgan fingerprint density at radius 2 is 2.54 bits per heavy atom. The molecule has 1 aromatic rings. The monoisotopic (exact) mass is 263 g/mol. The number of Topliss-reactive ketones (excluding diaryl/α,β-unsaturated/α-hetero) is 1. The molecular weight excluding hydrogens is 254 g/mol. The average molecular weight is 264 g/mol. The van der Waals surface area contributed by atoms with Gasteiger partial charge < -0.3 is 10.5 Å². The molecular formula is C8H10BrNO2S. The fourth-order valence-electron chi connectivity index (χ4n) is 0.893. The van der Waals surface area contributed by atoms with Crippen molar-refractivity contribution in [2.45, 2.75) is 6.04 Å². The summed E-state index contributed by atoms with van der Waals surface area (Å²) in [6.07, 6.45) is 0. The van der Waals surface area contributed by atoms with Crippen molar-refractivity contribution in [2.24, 2.45) is 5.73 Å². The molecule has 1 unspecified atom stereocenters. The van der Waals surface area contributed by atoms with Crippen molar-refractivity contribution in [3.8, 4) is 0 Å². The summed E-state index contributed by atoms with van der Waals surface area (Å²) in [6.45, 7) is 0.253. The Labute approximate surface area is 89.0 Å². The standard InChI is InChI=1S/C8H10BrNO2S/c1-12-4-6(10)7(11)8-5(9)2-3-13-8/h2-3,6H,4,10H2,1H3. The van der Waals surface area contributed by atoms with Crippen LogP contribution in [0.25, 0.3) is 0 Å². The van der Waals surface area contributed by atoms with Gasteiger partial charge in [0.1, 0.15) is 0 Å². The fraction of sp³-hybridized carbons (Fsp3) is 0.375. The van der Waals surface area contributed by atoms with Gasteiger partial charge >= 0.3 is 0 Å². The second-order valence-electron chi connectivity index (χ2n) is 2.52. The molecule has 13 heavy (non-hydrogen) atoms. The summed E-state index contributed by atoms with van der Waals surface area (Å²) in [6, 6.07) is 1.26. The van der Waals surface area contributed by atoms with Gasteiger partial charge in [0.25, 0.3) is 0 Å². The molecule has 0 aliphatic carbocycles. The highest BCUT2D eigenvalue weighted by atomic mass is 79.9.